The maximum Gasteiger partial charge on any atom is 0.305 e. The fourth-order valence-electron chi connectivity index (χ4n) is 2.12. The van der Waals surface area contributed by atoms with E-state index in [-0.39, 0.29) is 5.97 Å². The lowest BCUT2D eigenvalue weighted by atomic mass is 10.1. The molecule has 0 amide bonds. The average Bonchev–Trinajstić information content (AvgIpc) is 2.59. The summed E-state index contributed by atoms with van der Waals surface area (Å²) in [5, 5.41) is -0.512. The van der Waals surface area contributed by atoms with Gasteiger partial charge in [-0.1, -0.05) is 23.9 Å². The maximum atomic E-state index is 11.6. The molecule has 0 bridgehead atoms. The minimum atomic E-state index is -0.512. The SMILES string of the molecule is COC(=O)CCc1cccc(Sc2cc(OC)ccc2C(=O)Cl)c1. The van der Waals surface area contributed by atoms with E-state index in [0.717, 1.165) is 15.4 Å². The standard InChI is InChI=1S/C18H17ClO4S/c1-22-13-7-8-15(18(19)21)16(11-13)24-14-5-3-4-12(10-14)6-9-17(20)23-2/h3-5,7-8,10-11H,6,9H2,1-2H3. The molecule has 0 spiro atoms. The van der Waals surface area contributed by atoms with E-state index in [1.807, 2.05) is 24.3 Å². The van der Waals surface area contributed by atoms with E-state index in [1.54, 1.807) is 25.3 Å². The van der Waals surface area contributed by atoms with E-state index in [0.29, 0.717) is 24.2 Å². The molecule has 4 nitrogen and oxygen atoms in total. The van der Waals surface area contributed by atoms with Crippen LogP contribution in [0.4, 0.5) is 0 Å². The highest BCUT2D eigenvalue weighted by Gasteiger charge is 2.12. The lowest BCUT2D eigenvalue weighted by molar-refractivity contribution is -0.140. The molecule has 0 unspecified atom stereocenters. The van der Waals surface area contributed by atoms with Crippen LogP contribution in [0.5, 0.6) is 5.75 Å². The number of esters is 1. The Morgan fingerprint density at radius 1 is 1.12 bits per heavy atom. The Morgan fingerprint density at radius 3 is 2.58 bits per heavy atom. The minimum absolute atomic E-state index is 0.240. The summed E-state index contributed by atoms with van der Waals surface area (Å²) in [5.41, 5.74) is 1.45. The first-order chi connectivity index (χ1) is 11.5. The van der Waals surface area contributed by atoms with Gasteiger partial charge in [0.15, 0.2) is 0 Å². The van der Waals surface area contributed by atoms with Crippen LogP contribution in [0.2, 0.25) is 0 Å². The number of carbonyl (C=O) groups is 2. The van der Waals surface area contributed by atoms with Gasteiger partial charge < -0.3 is 9.47 Å². The molecule has 2 rings (SSSR count). The molecule has 0 atom stereocenters. The Balaban J connectivity index is 2.21. The summed E-state index contributed by atoms with van der Waals surface area (Å²) in [6.07, 6.45) is 0.926. The molecular formula is C18H17ClO4S. The zero-order chi connectivity index (χ0) is 17.5. The molecular weight excluding hydrogens is 348 g/mol. The van der Waals surface area contributed by atoms with Crippen LogP contribution in [0, 0.1) is 0 Å². The molecule has 0 saturated heterocycles. The van der Waals surface area contributed by atoms with Gasteiger partial charge in [-0.05, 0) is 53.9 Å². The van der Waals surface area contributed by atoms with Gasteiger partial charge in [0, 0.05) is 21.8 Å². The van der Waals surface area contributed by atoms with Crippen molar-refractivity contribution in [2.45, 2.75) is 22.6 Å². The Bertz CT molecular complexity index is 746. The second-order valence-corrected chi connectivity index (χ2v) is 6.42. The predicted molar refractivity (Wildman–Crippen MR) is 94.1 cm³/mol. The number of methoxy groups -OCH3 is 2. The van der Waals surface area contributed by atoms with Crippen LogP contribution in [0.25, 0.3) is 0 Å². The average molecular weight is 365 g/mol. The first kappa shape index (κ1) is 18.4. The maximum absolute atomic E-state index is 11.6. The lowest BCUT2D eigenvalue weighted by Gasteiger charge is -2.09. The van der Waals surface area contributed by atoms with Gasteiger partial charge in [-0.25, -0.2) is 0 Å². The molecule has 0 aliphatic heterocycles. The molecule has 0 fully saturated rings. The van der Waals surface area contributed by atoms with Gasteiger partial charge in [0.2, 0.25) is 0 Å². The first-order valence-electron chi connectivity index (χ1n) is 7.25. The summed E-state index contributed by atoms with van der Waals surface area (Å²) < 4.78 is 9.86. The Kier molecular flexibility index (Phi) is 6.70. The van der Waals surface area contributed by atoms with Crippen LogP contribution in [0.1, 0.15) is 22.3 Å². The van der Waals surface area contributed by atoms with E-state index in [2.05, 4.69) is 4.74 Å². The van der Waals surface area contributed by atoms with Crippen molar-refractivity contribution in [3.8, 4) is 5.75 Å². The van der Waals surface area contributed by atoms with Crippen molar-refractivity contribution in [3.05, 3.63) is 53.6 Å². The quantitative estimate of drug-likeness (QED) is 0.540. The minimum Gasteiger partial charge on any atom is -0.497 e. The molecule has 0 saturated carbocycles. The summed E-state index contributed by atoms with van der Waals surface area (Å²) in [4.78, 5) is 24.5. The Labute approximate surface area is 150 Å². The molecule has 6 heteroatoms. The Morgan fingerprint density at radius 2 is 1.92 bits per heavy atom. The molecule has 2 aromatic rings. The second kappa shape index (κ2) is 8.76. The summed E-state index contributed by atoms with van der Waals surface area (Å²) in [7, 11) is 2.95. The topological polar surface area (TPSA) is 52.6 Å². The van der Waals surface area contributed by atoms with Crippen LogP contribution in [-0.2, 0) is 16.0 Å². The van der Waals surface area contributed by atoms with E-state index in [1.165, 1.54) is 18.9 Å². The van der Waals surface area contributed by atoms with Crippen LogP contribution in [0.15, 0.2) is 52.3 Å². The molecule has 0 heterocycles. The normalized spacial score (nSPS) is 10.3. The monoisotopic (exact) mass is 364 g/mol. The smallest absolute Gasteiger partial charge is 0.305 e. The number of halogens is 1. The fraction of sp³-hybridized carbons (Fsp3) is 0.222. The molecule has 0 aromatic heterocycles. The Hall–Kier alpha value is -1.98. The van der Waals surface area contributed by atoms with Crippen molar-refractivity contribution in [1.82, 2.24) is 0 Å². The number of ether oxygens (including phenoxy) is 2. The van der Waals surface area contributed by atoms with Crippen molar-refractivity contribution in [3.63, 3.8) is 0 Å². The number of rotatable bonds is 7. The molecule has 126 valence electrons. The number of carbonyl (C=O) groups excluding carboxylic acids is 2. The third kappa shape index (κ3) is 5.01. The molecule has 0 radical (unpaired) electrons. The van der Waals surface area contributed by atoms with Gasteiger partial charge in [0.1, 0.15) is 5.75 Å². The molecule has 24 heavy (non-hydrogen) atoms. The van der Waals surface area contributed by atoms with Gasteiger partial charge in [0.25, 0.3) is 5.24 Å². The highest BCUT2D eigenvalue weighted by molar-refractivity contribution is 7.99. The number of hydrogen-bond acceptors (Lipinski definition) is 5. The van der Waals surface area contributed by atoms with Crippen molar-refractivity contribution in [1.29, 1.82) is 0 Å². The number of aryl methyl sites for hydroxylation is 1. The van der Waals surface area contributed by atoms with Crippen molar-refractivity contribution in [2.24, 2.45) is 0 Å². The summed E-state index contributed by atoms with van der Waals surface area (Å²) in [6.45, 7) is 0. The summed E-state index contributed by atoms with van der Waals surface area (Å²) in [5.74, 6) is 0.414. The van der Waals surface area contributed by atoms with Crippen LogP contribution < -0.4 is 4.74 Å². The number of benzene rings is 2. The van der Waals surface area contributed by atoms with Crippen LogP contribution >= 0.6 is 23.4 Å². The van der Waals surface area contributed by atoms with E-state index in [4.69, 9.17) is 16.3 Å². The zero-order valence-electron chi connectivity index (χ0n) is 13.4. The van der Waals surface area contributed by atoms with Gasteiger partial charge in [-0.15, -0.1) is 0 Å². The fourth-order valence-corrected chi connectivity index (χ4v) is 3.39. The second-order valence-electron chi connectivity index (χ2n) is 4.96. The molecule has 2 aromatic carbocycles. The molecule has 0 N–H and O–H groups in total. The highest BCUT2D eigenvalue weighted by Crippen LogP contribution is 2.34. The van der Waals surface area contributed by atoms with E-state index < -0.39 is 5.24 Å². The summed E-state index contributed by atoms with van der Waals surface area (Å²) >= 11 is 7.08. The number of hydrogen-bond donors (Lipinski definition) is 0. The predicted octanol–water partition coefficient (Wildman–Crippen LogP) is 4.33. The highest BCUT2D eigenvalue weighted by atomic mass is 35.5. The summed E-state index contributed by atoms with van der Waals surface area (Å²) in [6, 6.07) is 12.9. The molecule has 0 aliphatic carbocycles. The largest absolute Gasteiger partial charge is 0.497 e. The van der Waals surface area contributed by atoms with Gasteiger partial charge in [0.05, 0.1) is 14.2 Å². The third-order valence-electron chi connectivity index (χ3n) is 3.37. The van der Waals surface area contributed by atoms with E-state index in [9.17, 15) is 9.59 Å². The molecule has 0 aliphatic rings. The first-order valence-corrected chi connectivity index (χ1v) is 8.44. The van der Waals surface area contributed by atoms with Gasteiger partial charge in [-0.2, -0.15) is 0 Å². The van der Waals surface area contributed by atoms with E-state index >= 15 is 0 Å². The van der Waals surface area contributed by atoms with Crippen LogP contribution in [0.3, 0.4) is 0 Å². The third-order valence-corrected chi connectivity index (χ3v) is 4.62. The van der Waals surface area contributed by atoms with Crippen molar-refractivity contribution >= 4 is 34.6 Å². The zero-order valence-corrected chi connectivity index (χ0v) is 14.9. The van der Waals surface area contributed by atoms with Gasteiger partial charge >= 0.3 is 5.97 Å². The van der Waals surface area contributed by atoms with Crippen molar-refractivity contribution < 1.29 is 19.1 Å². The van der Waals surface area contributed by atoms with Crippen molar-refractivity contribution in [2.75, 3.05) is 14.2 Å². The lowest BCUT2D eigenvalue weighted by Crippen LogP contribution is -2.01. The van der Waals surface area contributed by atoms with Crippen LogP contribution in [-0.4, -0.2) is 25.4 Å². The van der Waals surface area contributed by atoms with Gasteiger partial charge in [-0.3, -0.25) is 9.59 Å².